The highest BCUT2D eigenvalue weighted by Crippen LogP contribution is 2.33. The molecule has 3 heterocycles. The number of pyridine rings is 3. The SMILES string of the molecule is [2H]C([2H])(c1ccc(-c2ccc(N(C)C)nc2)cc1F)N(C(=O)C1CCC(S(C)(=O)=O)CC1)c1cc(-c2ccnc(OC)c2)ccn1. The highest BCUT2D eigenvalue weighted by Gasteiger charge is 2.34. The monoisotopic (exact) mass is 619 g/mol. The molecular weight excluding hydrogens is 581 g/mol. The number of nitrogens with zero attached hydrogens (tertiary/aromatic N) is 5. The van der Waals surface area contributed by atoms with Gasteiger partial charge in [0.05, 0.1) is 21.6 Å². The van der Waals surface area contributed by atoms with Crippen LogP contribution in [0.4, 0.5) is 16.0 Å². The number of hydrogen-bond donors (Lipinski definition) is 0. The van der Waals surface area contributed by atoms with Crippen LogP contribution in [0.15, 0.2) is 73.2 Å². The number of sulfone groups is 1. The van der Waals surface area contributed by atoms with Gasteiger partial charge in [0.1, 0.15) is 27.3 Å². The molecule has 0 aliphatic heterocycles. The molecule has 0 atom stereocenters. The fourth-order valence-electron chi connectivity index (χ4n) is 5.29. The first-order chi connectivity index (χ1) is 21.8. The molecule has 1 saturated carbocycles. The van der Waals surface area contributed by atoms with Gasteiger partial charge in [-0.3, -0.25) is 9.69 Å². The zero-order valence-corrected chi connectivity index (χ0v) is 25.9. The summed E-state index contributed by atoms with van der Waals surface area (Å²) in [5, 5.41) is -0.559. The largest absolute Gasteiger partial charge is 0.481 e. The van der Waals surface area contributed by atoms with Crippen molar-refractivity contribution in [2.75, 3.05) is 37.3 Å². The fourth-order valence-corrected chi connectivity index (χ4v) is 6.42. The molecule has 0 unspecified atom stereocenters. The number of rotatable bonds is 9. The summed E-state index contributed by atoms with van der Waals surface area (Å²) in [7, 11) is 1.93. The van der Waals surface area contributed by atoms with E-state index in [0.717, 1.165) is 10.7 Å². The Morgan fingerprint density at radius 3 is 2.18 bits per heavy atom. The van der Waals surface area contributed by atoms with E-state index in [9.17, 15) is 16.0 Å². The van der Waals surface area contributed by atoms with Crippen molar-refractivity contribution in [3.63, 3.8) is 0 Å². The maximum absolute atomic E-state index is 15.9. The Kier molecular flexibility index (Phi) is 8.45. The van der Waals surface area contributed by atoms with E-state index in [4.69, 9.17) is 4.74 Å². The lowest BCUT2D eigenvalue weighted by atomic mass is 9.87. The molecule has 0 N–H and O–H groups in total. The minimum atomic E-state index is -3.28. The van der Waals surface area contributed by atoms with Crippen LogP contribution < -0.4 is 14.5 Å². The molecule has 1 aliphatic carbocycles. The van der Waals surface area contributed by atoms with Gasteiger partial charge in [0.25, 0.3) is 0 Å². The third kappa shape index (κ3) is 7.05. The molecule has 1 aliphatic rings. The van der Waals surface area contributed by atoms with Gasteiger partial charge in [-0.1, -0.05) is 12.1 Å². The van der Waals surface area contributed by atoms with Gasteiger partial charge in [0, 0.05) is 62.1 Å². The predicted octanol–water partition coefficient (Wildman–Crippen LogP) is 5.56. The number of halogens is 1. The molecule has 5 rings (SSSR count). The average Bonchev–Trinajstić information content (AvgIpc) is 3.04. The summed E-state index contributed by atoms with van der Waals surface area (Å²) in [6.07, 6.45) is 6.89. The Balaban J connectivity index is 1.55. The van der Waals surface area contributed by atoms with Crippen LogP contribution in [0.5, 0.6) is 5.88 Å². The Hall–Kier alpha value is -4.38. The summed E-state index contributed by atoms with van der Waals surface area (Å²) in [6, 6.07) is 14.5. The van der Waals surface area contributed by atoms with E-state index in [0.29, 0.717) is 28.1 Å². The molecule has 0 radical (unpaired) electrons. The second-order valence-corrected chi connectivity index (χ2v) is 13.4. The van der Waals surface area contributed by atoms with Crippen LogP contribution >= 0.6 is 0 Å². The van der Waals surface area contributed by atoms with Crippen LogP contribution in [0.1, 0.15) is 34.0 Å². The number of amides is 1. The van der Waals surface area contributed by atoms with Crippen LogP contribution in [-0.4, -0.2) is 62.0 Å². The topological polar surface area (TPSA) is 106 Å². The first-order valence-electron chi connectivity index (χ1n) is 15.2. The zero-order chi connectivity index (χ0) is 33.2. The van der Waals surface area contributed by atoms with Crippen molar-refractivity contribution in [1.82, 2.24) is 15.0 Å². The van der Waals surface area contributed by atoms with E-state index in [1.54, 1.807) is 54.9 Å². The molecule has 1 amide bonds. The van der Waals surface area contributed by atoms with Crippen molar-refractivity contribution in [3.05, 3.63) is 84.6 Å². The summed E-state index contributed by atoms with van der Waals surface area (Å²) >= 11 is 0. The highest BCUT2D eigenvalue weighted by atomic mass is 32.2. The van der Waals surface area contributed by atoms with Crippen molar-refractivity contribution >= 4 is 27.4 Å². The second kappa shape index (κ2) is 13.1. The number of ether oxygens (including phenoxy) is 1. The lowest BCUT2D eigenvalue weighted by Crippen LogP contribution is -2.39. The minimum Gasteiger partial charge on any atom is -0.481 e. The third-order valence-corrected chi connectivity index (χ3v) is 9.52. The number of methoxy groups -OCH3 is 1. The van der Waals surface area contributed by atoms with Crippen molar-refractivity contribution in [1.29, 1.82) is 0 Å². The van der Waals surface area contributed by atoms with E-state index in [-0.39, 0.29) is 37.1 Å². The van der Waals surface area contributed by atoms with Crippen LogP contribution in [0.3, 0.4) is 0 Å². The van der Waals surface area contributed by atoms with Gasteiger partial charge >= 0.3 is 0 Å². The van der Waals surface area contributed by atoms with Gasteiger partial charge in [-0.15, -0.1) is 0 Å². The second-order valence-electron chi connectivity index (χ2n) is 11.1. The number of carbonyl (C=O) groups excluding carboxylic acids is 1. The molecule has 4 aromatic rings. The maximum atomic E-state index is 15.9. The van der Waals surface area contributed by atoms with Gasteiger partial charge in [-0.2, -0.15) is 0 Å². The zero-order valence-electron chi connectivity index (χ0n) is 27.1. The van der Waals surface area contributed by atoms with Gasteiger partial charge in [-0.25, -0.2) is 27.8 Å². The Morgan fingerprint density at radius 2 is 1.57 bits per heavy atom. The molecule has 3 aromatic heterocycles. The standard InChI is InChI=1S/C33H36FN5O4S/c1-38(2)30-12-9-26(20-37-30)23-5-6-27(29(34)17-23)21-39(33(40)22-7-10-28(11-8-22)44(4,41)42)31-18-24(13-15-35-31)25-14-16-36-32(19-25)43-3/h5-6,9,12-20,22,28H,7-8,10-11,21H2,1-4H3/i21D2. The number of carbonyl (C=O) groups is 1. The molecule has 44 heavy (non-hydrogen) atoms. The van der Waals surface area contributed by atoms with E-state index in [1.807, 2.05) is 19.0 Å². The lowest BCUT2D eigenvalue weighted by molar-refractivity contribution is -0.123. The first kappa shape index (κ1) is 28.4. The summed E-state index contributed by atoms with van der Waals surface area (Å²) in [5.41, 5.74) is 2.11. The molecule has 11 heteroatoms. The molecule has 0 spiro atoms. The Bertz CT molecular complexity index is 1830. The molecule has 1 aromatic carbocycles. The van der Waals surface area contributed by atoms with Crippen molar-refractivity contribution in [3.8, 4) is 28.1 Å². The van der Waals surface area contributed by atoms with Crippen molar-refractivity contribution < 1.29 is 25.1 Å². The summed E-state index contributed by atoms with van der Waals surface area (Å²) in [5.74, 6) is -1.02. The van der Waals surface area contributed by atoms with E-state index in [2.05, 4.69) is 15.0 Å². The molecule has 0 bridgehead atoms. The Morgan fingerprint density at radius 1 is 0.909 bits per heavy atom. The molecular formula is C33H36FN5O4S. The van der Waals surface area contributed by atoms with Gasteiger partial charge in [0.2, 0.25) is 11.8 Å². The number of benzene rings is 1. The normalized spacial score (nSPS) is 17.8. The summed E-state index contributed by atoms with van der Waals surface area (Å²) < 4.78 is 64.0. The van der Waals surface area contributed by atoms with Gasteiger partial charge < -0.3 is 9.64 Å². The van der Waals surface area contributed by atoms with E-state index < -0.39 is 39.2 Å². The number of anilines is 2. The maximum Gasteiger partial charge on any atom is 0.231 e. The first-order valence-corrected chi connectivity index (χ1v) is 16.2. The lowest BCUT2D eigenvalue weighted by Gasteiger charge is -2.31. The number of aromatic nitrogens is 3. The van der Waals surface area contributed by atoms with Crippen LogP contribution in [-0.2, 0) is 21.1 Å². The number of hydrogen-bond acceptors (Lipinski definition) is 8. The minimum absolute atomic E-state index is 0.0135. The van der Waals surface area contributed by atoms with Gasteiger partial charge in [-0.05, 0) is 78.8 Å². The predicted molar refractivity (Wildman–Crippen MR) is 170 cm³/mol. The van der Waals surface area contributed by atoms with Crippen molar-refractivity contribution in [2.24, 2.45) is 5.92 Å². The summed E-state index contributed by atoms with van der Waals surface area (Å²) in [6.45, 7) is -2.66. The van der Waals surface area contributed by atoms with Crippen LogP contribution in [0.25, 0.3) is 22.3 Å². The van der Waals surface area contributed by atoms with Crippen LogP contribution in [0, 0.1) is 11.7 Å². The van der Waals surface area contributed by atoms with Gasteiger partial charge in [0.15, 0.2) is 0 Å². The van der Waals surface area contributed by atoms with Crippen LogP contribution in [0.2, 0.25) is 0 Å². The fraction of sp³-hybridized carbons (Fsp3) is 0.333. The summed E-state index contributed by atoms with van der Waals surface area (Å²) in [4.78, 5) is 29.9. The quantitative estimate of drug-likeness (QED) is 0.240. The molecule has 9 nitrogen and oxygen atoms in total. The smallest absolute Gasteiger partial charge is 0.231 e. The molecule has 1 fully saturated rings. The average molecular weight is 620 g/mol. The third-order valence-electron chi connectivity index (χ3n) is 7.84. The molecule has 0 saturated heterocycles. The van der Waals surface area contributed by atoms with E-state index in [1.165, 1.54) is 31.7 Å². The molecule has 230 valence electrons. The van der Waals surface area contributed by atoms with Crippen molar-refractivity contribution in [2.45, 2.75) is 37.4 Å². The Labute approximate surface area is 260 Å². The van der Waals surface area contributed by atoms with E-state index >= 15 is 4.39 Å². The highest BCUT2D eigenvalue weighted by molar-refractivity contribution is 7.91.